The van der Waals surface area contributed by atoms with E-state index in [4.69, 9.17) is 0 Å². The highest BCUT2D eigenvalue weighted by molar-refractivity contribution is 7.14. The number of fused-ring (bicyclic) bond motifs is 2. The van der Waals surface area contributed by atoms with Gasteiger partial charge in [-0.1, -0.05) is 35.5 Å². The summed E-state index contributed by atoms with van der Waals surface area (Å²) < 4.78 is 1.77. The summed E-state index contributed by atoms with van der Waals surface area (Å²) in [6.45, 7) is 6.08. The van der Waals surface area contributed by atoms with Crippen molar-refractivity contribution in [3.63, 3.8) is 0 Å². The van der Waals surface area contributed by atoms with Gasteiger partial charge in [-0.3, -0.25) is 19.1 Å². The maximum Gasteiger partial charge on any atom is 0.263 e. The number of aryl methyl sites for hydroxylation is 3. The third-order valence-electron chi connectivity index (χ3n) is 7.74. The molecule has 38 heavy (non-hydrogen) atoms. The Hall–Kier alpha value is -3.53. The standard InChI is InChI=1S/C28H34N6O3S/c1-19-15-24(38-20(19)2)26(36)33-13-9-28(10-14-33)17-22-18-34(32-31-22)12-6-11-29-25(35)23(30-27(28)37)16-21-7-4-3-5-8-21/h3-5,7-8,15,18,23H,6,9-14,16-17H2,1-2H3,(H,29,35)(H,30,37)/t23-/m0/s1. The molecule has 1 aromatic carbocycles. The van der Waals surface area contributed by atoms with E-state index in [1.165, 1.54) is 11.3 Å². The number of hydrogen-bond acceptors (Lipinski definition) is 6. The molecule has 9 nitrogen and oxygen atoms in total. The van der Waals surface area contributed by atoms with E-state index < -0.39 is 11.5 Å². The number of amides is 3. The molecule has 3 aromatic rings. The quantitative estimate of drug-likeness (QED) is 0.537. The molecule has 0 saturated carbocycles. The van der Waals surface area contributed by atoms with Gasteiger partial charge in [0.25, 0.3) is 5.91 Å². The molecule has 10 heteroatoms. The van der Waals surface area contributed by atoms with Crippen LogP contribution in [0, 0.1) is 19.3 Å². The molecular formula is C28H34N6O3S. The van der Waals surface area contributed by atoms with Crippen LogP contribution in [0.1, 0.15) is 50.6 Å². The van der Waals surface area contributed by atoms with Crippen molar-refractivity contribution in [3.05, 3.63) is 69.2 Å². The van der Waals surface area contributed by atoms with E-state index in [0.717, 1.165) is 26.6 Å². The third-order valence-corrected chi connectivity index (χ3v) is 8.88. The van der Waals surface area contributed by atoms with Gasteiger partial charge in [0.15, 0.2) is 0 Å². The van der Waals surface area contributed by atoms with Crippen molar-refractivity contribution in [1.29, 1.82) is 0 Å². The monoisotopic (exact) mass is 534 g/mol. The number of carbonyl (C=O) groups is 3. The topological polar surface area (TPSA) is 109 Å². The smallest absolute Gasteiger partial charge is 0.263 e. The number of nitrogens with zero attached hydrogens (tertiary/aromatic N) is 4. The Morgan fingerprint density at radius 3 is 2.61 bits per heavy atom. The van der Waals surface area contributed by atoms with Gasteiger partial charge in [0, 0.05) is 50.1 Å². The van der Waals surface area contributed by atoms with Crippen LogP contribution in [0.4, 0.5) is 0 Å². The van der Waals surface area contributed by atoms with Crippen LogP contribution in [-0.4, -0.2) is 63.3 Å². The normalized spacial score (nSPS) is 20.2. The van der Waals surface area contributed by atoms with Gasteiger partial charge in [-0.25, -0.2) is 0 Å². The lowest BCUT2D eigenvalue weighted by atomic mass is 9.73. The van der Waals surface area contributed by atoms with Crippen molar-refractivity contribution in [2.24, 2.45) is 5.41 Å². The Morgan fingerprint density at radius 2 is 1.89 bits per heavy atom. The number of piperidine rings is 1. The number of nitrogens with one attached hydrogen (secondary N) is 2. The third kappa shape index (κ3) is 5.65. The predicted octanol–water partition coefficient (Wildman–Crippen LogP) is 2.67. The predicted molar refractivity (Wildman–Crippen MR) is 145 cm³/mol. The highest BCUT2D eigenvalue weighted by atomic mass is 32.1. The Labute approximate surface area is 226 Å². The van der Waals surface area contributed by atoms with Gasteiger partial charge in [0.2, 0.25) is 11.8 Å². The van der Waals surface area contributed by atoms with Gasteiger partial charge in [-0.15, -0.1) is 16.4 Å². The number of aromatic nitrogens is 3. The average molecular weight is 535 g/mol. The van der Waals surface area contributed by atoms with E-state index in [1.807, 2.05) is 61.3 Å². The second kappa shape index (κ2) is 11.1. The highest BCUT2D eigenvalue weighted by Crippen LogP contribution is 2.36. The molecule has 1 atom stereocenters. The Bertz CT molecular complexity index is 1290. The Balaban J connectivity index is 1.39. The van der Waals surface area contributed by atoms with E-state index in [9.17, 15) is 14.4 Å². The summed E-state index contributed by atoms with van der Waals surface area (Å²) in [5.41, 5.74) is 2.06. The van der Waals surface area contributed by atoms with Crippen LogP contribution in [0.2, 0.25) is 0 Å². The molecule has 1 spiro atoms. The molecule has 4 heterocycles. The molecule has 2 aromatic heterocycles. The molecule has 2 aliphatic heterocycles. The first-order valence-electron chi connectivity index (χ1n) is 13.2. The van der Waals surface area contributed by atoms with Crippen molar-refractivity contribution in [2.45, 2.75) is 58.5 Å². The summed E-state index contributed by atoms with van der Waals surface area (Å²) in [7, 11) is 0. The molecule has 2 N–H and O–H groups in total. The molecule has 0 unspecified atom stereocenters. The molecule has 3 amide bonds. The van der Waals surface area contributed by atoms with Crippen molar-refractivity contribution in [3.8, 4) is 0 Å². The number of hydrogen-bond donors (Lipinski definition) is 2. The highest BCUT2D eigenvalue weighted by Gasteiger charge is 2.44. The van der Waals surface area contributed by atoms with Crippen LogP contribution in [0.3, 0.4) is 0 Å². The molecule has 200 valence electrons. The summed E-state index contributed by atoms with van der Waals surface area (Å²) in [6.07, 6.45) is 4.40. The van der Waals surface area contributed by atoms with E-state index in [2.05, 4.69) is 20.9 Å². The van der Waals surface area contributed by atoms with Gasteiger partial charge < -0.3 is 15.5 Å². The molecule has 1 saturated heterocycles. The van der Waals surface area contributed by atoms with Crippen LogP contribution in [0.25, 0.3) is 0 Å². The molecule has 0 radical (unpaired) electrons. The fourth-order valence-corrected chi connectivity index (χ4v) is 6.28. The van der Waals surface area contributed by atoms with E-state index in [0.29, 0.717) is 58.3 Å². The molecule has 5 rings (SSSR count). The molecule has 2 aliphatic rings. The zero-order valence-electron chi connectivity index (χ0n) is 21.9. The number of benzene rings is 1. The van der Waals surface area contributed by atoms with Crippen molar-refractivity contribution >= 4 is 29.1 Å². The zero-order chi connectivity index (χ0) is 26.7. The number of carbonyl (C=O) groups excluding carboxylic acids is 3. The molecular weight excluding hydrogens is 500 g/mol. The zero-order valence-corrected chi connectivity index (χ0v) is 22.7. The molecule has 2 bridgehead atoms. The lowest BCUT2D eigenvalue weighted by molar-refractivity contribution is -0.137. The summed E-state index contributed by atoms with van der Waals surface area (Å²) >= 11 is 1.52. The maximum atomic E-state index is 14.0. The Kier molecular flexibility index (Phi) is 7.60. The van der Waals surface area contributed by atoms with E-state index >= 15 is 0 Å². The van der Waals surface area contributed by atoms with E-state index in [-0.39, 0.29) is 17.7 Å². The lowest BCUT2D eigenvalue weighted by Crippen LogP contribution is -2.56. The van der Waals surface area contributed by atoms with Crippen LogP contribution in [-0.2, 0) is 29.0 Å². The van der Waals surface area contributed by atoms with Gasteiger partial charge in [0.1, 0.15) is 6.04 Å². The Morgan fingerprint density at radius 1 is 1.13 bits per heavy atom. The minimum absolute atomic E-state index is 0.0124. The summed E-state index contributed by atoms with van der Waals surface area (Å²) in [5.74, 6) is -0.346. The lowest BCUT2D eigenvalue weighted by Gasteiger charge is -2.41. The van der Waals surface area contributed by atoms with Crippen LogP contribution in [0.5, 0.6) is 0 Å². The summed E-state index contributed by atoms with van der Waals surface area (Å²) in [5, 5.41) is 14.7. The minimum Gasteiger partial charge on any atom is -0.354 e. The number of likely N-dealkylation sites (tertiary alicyclic amines) is 1. The largest absolute Gasteiger partial charge is 0.354 e. The van der Waals surface area contributed by atoms with Crippen molar-refractivity contribution in [1.82, 2.24) is 30.5 Å². The minimum atomic E-state index is -0.789. The van der Waals surface area contributed by atoms with Crippen molar-refractivity contribution < 1.29 is 14.4 Å². The second-order valence-electron chi connectivity index (χ2n) is 10.4. The average Bonchev–Trinajstić information content (AvgIpc) is 3.51. The van der Waals surface area contributed by atoms with Gasteiger partial charge in [0.05, 0.1) is 16.0 Å². The second-order valence-corrected chi connectivity index (χ2v) is 11.7. The number of thiophene rings is 1. The van der Waals surface area contributed by atoms with Crippen LogP contribution < -0.4 is 10.6 Å². The van der Waals surface area contributed by atoms with Gasteiger partial charge in [-0.2, -0.15) is 0 Å². The first-order chi connectivity index (χ1) is 18.3. The summed E-state index contributed by atoms with van der Waals surface area (Å²) in [6, 6.07) is 11.0. The SMILES string of the molecule is Cc1cc(C(=O)N2CCC3(CC2)Cc2cn(nn2)CCCNC(=O)[C@H](Cc2ccccc2)NC3=O)sc1C. The van der Waals surface area contributed by atoms with Crippen LogP contribution >= 0.6 is 11.3 Å². The fraction of sp³-hybridized carbons (Fsp3) is 0.464. The van der Waals surface area contributed by atoms with Gasteiger partial charge in [-0.05, 0) is 50.3 Å². The van der Waals surface area contributed by atoms with Crippen LogP contribution in [0.15, 0.2) is 42.6 Å². The van der Waals surface area contributed by atoms with Gasteiger partial charge >= 0.3 is 0 Å². The van der Waals surface area contributed by atoms with Crippen molar-refractivity contribution in [2.75, 3.05) is 19.6 Å². The maximum absolute atomic E-state index is 14.0. The first kappa shape index (κ1) is 26.1. The fourth-order valence-electron chi connectivity index (χ4n) is 5.28. The molecule has 1 fully saturated rings. The summed E-state index contributed by atoms with van der Waals surface area (Å²) in [4.78, 5) is 44.1. The number of rotatable bonds is 3. The van der Waals surface area contributed by atoms with E-state index in [1.54, 1.807) is 4.68 Å². The first-order valence-corrected chi connectivity index (χ1v) is 14.0. The molecule has 0 aliphatic carbocycles.